The van der Waals surface area contributed by atoms with Gasteiger partial charge in [-0.1, -0.05) is 33.6 Å². The molecule has 100 valence electrons. The first-order valence-corrected chi connectivity index (χ1v) is 6.53. The molecular formula is C13H15BrN4O. The number of halogens is 1. The highest BCUT2D eigenvalue weighted by Gasteiger charge is 2.21. The molecule has 19 heavy (non-hydrogen) atoms. The normalized spacial score (nSPS) is 12.2. The van der Waals surface area contributed by atoms with E-state index in [1.807, 2.05) is 25.1 Å². The van der Waals surface area contributed by atoms with Crippen LogP contribution in [0.5, 0.6) is 5.88 Å². The van der Waals surface area contributed by atoms with Gasteiger partial charge in [0.1, 0.15) is 5.69 Å². The Morgan fingerprint density at radius 2 is 2.05 bits per heavy atom. The highest BCUT2D eigenvalue weighted by atomic mass is 79.9. The average Bonchev–Trinajstić information content (AvgIpc) is 2.44. The van der Waals surface area contributed by atoms with Gasteiger partial charge in [0.25, 0.3) is 0 Å². The van der Waals surface area contributed by atoms with Crippen molar-refractivity contribution in [3.8, 4) is 5.88 Å². The number of hydrazine groups is 1. The highest BCUT2D eigenvalue weighted by Crippen LogP contribution is 2.31. The molecule has 1 unspecified atom stereocenters. The van der Waals surface area contributed by atoms with Crippen molar-refractivity contribution in [2.45, 2.75) is 13.0 Å². The molecule has 0 radical (unpaired) electrons. The van der Waals surface area contributed by atoms with Crippen LogP contribution in [0.4, 0.5) is 0 Å². The molecule has 1 heterocycles. The quantitative estimate of drug-likeness (QED) is 0.666. The molecule has 0 saturated carbocycles. The van der Waals surface area contributed by atoms with Crippen LogP contribution in [0.1, 0.15) is 22.9 Å². The van der Waals surface area contributed by atoms with Crippen LogP contribution in [0.2, 0.25) is 0 Å². The van der Waals surface area contributed by atoms with E-state index in [4.69, 9.17) is 10.6 Å². The molecule has 0 bridgehead atoms. The Morgan fingerprint density at radius 1 is 1.32 bits per heavy atom. The van der Waals surface area contributed by atoms with E-state index in [1.165, 1.54) is 0 Å². The SMILES string of the molecule is COc1nccnc1C(NN)c1cc(C)ccc1Br. The van der Waals surface area contributed by atoms with Gasteiger partial charge in [0.15, 0.2) is 0 Å². The number of benzene rings is 1. The topological polar surface area (TPSA) is 73.1 Å². The van der Waals surface area contributed by atoms with Crippen LogP contribution < -0.4 is 16.0 Å². The van der Waals surface area contributed by atoms with Crippen molar-refractivity contribution in [1.82, 2.24) is 15.4 Å². The third-order valence-electron chi connectivity index (χ3n) is 2.79. The van der Waals surface area contributed by atoms with Crippen molar-refractivity contribution in [2.24, 2.45) is 5.84 Å². The monoisotopic (exact) mass is 322 g/mol. The fourth-order valence-electron chi connectivity index (χ4n) is 1.89. The summed E-state index contributed by atoms with van der Waals surface area (Å²) in [4.78, 5) is 8.47. The van der Waals surface area contributed by atoms with Crippen LogP contribution in [-0.4, -0.2) is 17.1 Å². The molecule has 6 heteroatoms. The van der Waals surface area contributed by atoms with Crippen molar-refractivity contribution < 1.29 is 4.74 Å². The molecule has 0 aliphatic carbocycles. The van der Waals surface area contributed by atoms with Crippen molar-refractivity contribution in [1.29, 1.82) is 0 Å². The lowest BCUT2D eigenvalue weighted by molar-refractivity contribution is 0.383. The number of hydrogen-bond acceptors (Lipinski definition) is 5. The first-order valence-electron chi connectivity index (χ1n) is 5.74. The zero-order valence-corrected chi connectivity index (χ0v) is 12.3. The number of ether oxygens (including phenoxy) is 1. The van der Waals surface area contributed by atoms with Crippen LogP contribution >= 0.6 is 15.9 Å². The lowest BCUT2D eigenvalue weighted by Crippen LogP contribution is -2.30. The Labute approximate surface area is 120 Å². The fourth-order valence-corrected chi connectivity index (χ4v) is 2.37. The molecule has 0 spiro atoms. The fraction of sp³-hybridized carbons (Fsp3) is 0.231. The summed E-state index contributed by atoms with van der Waals surface area (Å²) in [5.74, 6) is 6.14. The number of rotatable bonds is 4. The number of aryl methyl sites for hydroxylation is 1. The largest absolute Gasteiger partial charge is 0.480 e. The minimum atomic E-state index is -0.294. The van der Waals surface area contributed by atoms with Gasteiger partial charge in [0.2, 0.25) is 5.88 Å². The van der Waals surface area contributed by atoms with Crippen molar-refractivity contribution in [3.63, 3.8) is 0 Å². The van der Waals surface area contributed by atoms with Gasteiger partial charge in [-0.05, 0) is 18.6 Å². The molecule has 3 N–H and O–H groups in total. The molecule has 1 aromatic carbocycles. The molecule has 2 rings (SSSR count). The molecular weight excluding hydrogens is 308 g/mol. The summed E-state index contributed by atoms with van der Waals surface area (Å²) >= 11 is 3.53. The minimum Gasteiger partial charge on any atom is -0.480 e. The van der Waals surface area contributed by atoms with Crippen molar-refractivity contribution in [3.05, 3.63) is 51.9 Å². The first-order chi connectivity index (χ1) is 9.17. The van der Waals surface area contributed by atoms with Gasteiger partial charge in [-0.25, -0.2) is 10.4 Å². The Bertz CT molecular complexity index is 576. The molecule has 2 aromatic rings. The van der Waals surface area contributed by atoms with E-state index in [-0.39, 0.29) is 6.04 Å². The maximum absolute atomic E-state index is 5.69. The number of aromatic nitrogens is 2. The summed E-state index contributed by atoms with van der Waals surface area (Å²) in [5, 5.41) is 0. The number of nitrogens with one attached hydrogen (secondary N) is 1. The maximum atomic E-state index is 5.69. The molecule has 5 nitrogen and oxygen atoms in total. The predicted octanol–water partition coefficient (Wildman–Crippen LogP) is 2.11. The zero-order chi connectivity index (χ0) is 13.8. The van der Waals surface area contributed by atoms with Crippen molar-refractivity contribution in [2.75, 3.05) is 7.11 Å². The Hall–Kier alpha value is -1.50. The van der Waals surface area contributed by atoms with Crippen LogP contribution in [-0.2, 0) is 0 Å². The highest BCUT2D eigenvalue weighted by molar-refractivity contribution is 9.10. The van der Waals surface area contributed by atoms with Crippen LogP contribution in [0, 0.1) is 6.92 Å². The summed E-state index contributed by atoms with van der Waals surface area (Å²) in [6.07, 6.45) is 3.20. The van der Waals surface area contributed by atoms with E-state index >= 15 is 0 Å². The minimum absolute atomic E-state index is 0.294. The van der Waals surface area contributed by atoms with Gasteiger partial charge < -0.3 is 4.74 Å². The Kier molecular flexibility index (Phi) is 4.47. The van der Waals surface area contributed by atoms with Gasteiger partial charge in [0, 0.05) is 16.9 Å². The number of nitrogens with two attached hydrogens (primary N) is 1. The lowest BCUT2D eigenvalue weighted by atomic mass is 10.0. The second kappa shape index (κ2) is 6.10. The average molecular weight is 323 g/mol. The van der Waals surface area contributed by atoms with E-state index in [2.05, 4.69) is 31.3 Å². The third-order valence-corrected chi connectivity index (χ3v) is 3.51. The summed E-state index contributed by atoms with van der Waals surface area (Å²) in [7, 11) is 1.56. The van der Waals surface area contributed by atoms with E-state index in [0.717, 1.165) is 15.6 Å². The zero-order valence-electron chi connectivity index (χ0n) is 10.7. The molecule has 0 aliphatic heterocycles. The number of nitrogens with zero attached hydrogens (tertiary/aromatic N) is 2. The second-order valence-electron chi connectivity index (χ2n) is 4.08. The standard InChI is InChI=1S/C13H15BrN4O/c1-8-3-4-10(14)9(7-8)11(18-15)12-13(19-2)17-6-5-16-12/h3-7,11,18H,15H2,1-2H3. The number of methoxy groups -OCH3 is 1. The van der Waals surface area contributed by atoms with Crippen molar-refractivity contribution >= 4 is 15.9 Å². The van der Waals surface area contributed by atoms with Gasteiger partial charge in [-0.3, -0.25) is 10.8 Å². The van der Waals surface area contributed by atoms with Gasteiger partial charge in [-0.2, -0.15) is 0 Å². The molecule has 0 aliphatic rings. The van der Waals surface area contributed by atoms with E-state index in [1.54, 1.807) is 19.5 Å². The van der Waals surface area contributed by atoms with E-state index < -0.39 is 0 Å². The summed E-state index contributed by atoms with van der Waals surface area (Å²) < 4.78 is 6.19. The molecule has 0 amide bonds. The summed E-state index contributed by atoms with van der Waals surface area (Å²) in [6.45, 7) is 2.03. The Balaban J connectivity index is 2.53. The van der Waals surface area contributed by atoms with Crippen LogP contribution in [0.3, 0.4) is 0 Å². The van der Waals surface area contributed by atoms with Crippen LogP contribution in [0.25, 0.3) is 0 Å². The van der Waals surface area contributed by atoms with Gasteiger partial charge in [-0.15, -0.1) is 0 Å². The summed E-state index contributed by atoms with van der Waals surface area (Å²) in [6, 6.07) is 5.76. The van der Waals surface area contributed by atoms with E-state index in [0.29, 0.717) is 11.6 Å². The second-order valence-corrected chi connectivity index (χ2v) is 4.93. The Morgan fingerprint density at radius 3 is 2.74 bits per heavy atom. The third kappa shape index (κ3) is 2.91. The molecule has 0 saturated heterocycles. The van der Waals surface area contributed by atoms with Gasteiger partial charge in [0.05, 0.1) is 13.2 Å². The predicted molar refractivity (Wildman–Crippen MR) is 76.6 cm³/mol. The molecule has 1 aromatic heterocycles. The summed E-state index contributed by atoms with van der Waals surface area (Å²) in [5.41, 5.74) is 5.54. The smallest absolute Gasteiger partial charge is 0.237 e. The lowest BCUT2D eigenvalue weighted by Gasteiger charge is -2.19. The molecule has 0 fully saturated rings. The first kappa shape index (κ1) is 13.9. The van der Waals surface area contributed by atoms with Gasteiger partial charge >= 0.3 is 0 Å². The van der Waals surface area contributed by atoms with E-state index in [9.17, 15) is 0 Å². The number of hydrogen-bond donors (Lipinski definition) is 2. The maximum Gasteiger partial charge on any atom is 0.237 e. The van der Waals surface area contributed by atoms with Crippen LogP contribution in [0.15, 0.2) is 35.1 Å². The molecule has 1 atom stereocenters.